The van der Waals surface area contributed by atoms with Gasteiger partial charge >= 0.3 is 0 Å². The van der Waals surface area contributed by atoms with Crippen molar-refractivity contribution < 1.29 is 9.72 Å². The van der Waals surface area contributed by atoms with Gasteiger partial charge in [-0.2, -0.15) is 5.26 Å². The molecule has 0 saturated carbocycles. The monoisotopic (exact) mass is 321 g/mol. The minimum atomic E-state index is -0.527. The molecule has 120 valence electrons. The van der Waals surface area contributed by atoms with E-state index < -0.39 is 10.8 Å². The highest BCUT2D eigenvalue weighted by Crippen LogP contribution is 2.17. The first-order chi connectivity index (χ1) is 11.5. The van der Waals surface area contributed by atoms with Gasteiger partial charge in [0.2, 0.25) is 0 Å². The SMILES string of the molecule is C[C@H](NC(=O)C(C#N)=Cc1cccc([N+](=O)[O-])c1)c1ccccc1. The van der Waals surface area contributed by atoms with Crippen molar-refractivity contribution in [1.29, 1.82) is 5.26 Å². The van der Waals surface area contributed by atoms with Gasteiger partial charge in [-0.25, -0.2) is 0 Å². The first-order valence-electron chi connectivity index (χ1n) is 7.23. The molecule has 0 aliphatic rings. The van der Waals surface area contributed by atoms with E-state index in [0.717, 1.165) is 5.56 Å². The molecule has 1 atom stereocenters. The summed E-state index contributed by atoms with van der Waals surface area (Å²) >= 11 is 0. The van der Waals surface area contributed by atoms with Gasteiger partial charge < -0.3 is 5.32 Å². The number of benzene rings is 2. The first kappa shape index (κ1) is 16.9. The van der Waals surface area contributed by atoms with Crippen molar-refractivity contribution in [1.82, 2.24) is 5.32 Å². The topological polar surface area (TPSA) is 96.0 Å². The fraction of sp³-hybridized carbons (Fsp3) is 0.111. The molecule has 0 bridgehead atoms. The van der Waals surface area contributed by atoms with Gasteiger partial charge in [-0.1, -0.05) is 42.5 Å². The maximum Gasteiger partial charge on any atom is 0.270 e. The van der Waals surface area contributed by atoms with Crippen molar-refractivity contribution in [2.24, 2.45) is 0 Å². The van der Waals surface area contributed by atoms with E-state index in [1.807, 2.05) is 43.3 Å². The molecule has 0 spiro atoms. The fourth-order valence-corrected chi connectivity index (χ4v) is 2.14. The van der Waals surface area contributed by atoms with Crippen LogP contribution in [0.4, 0.5) is 5.69 Å². The van der Waals surface area contributed by atoms with Gasteiger partial charge in [-0.3, -0.25) is 14.9 Å². The van der Waals surface area contributed by atoms with Crippen LogP contribution in [0.1, 0.15) is 24.1 Å². The summed E-state index contributed by atoms with van der Waals surface area (Å²) in [6.45, 7) is 1.82. The lowest BCUT2D eigenvalue weighted by atomic mass is 10.1. The van der Waals surface area contributed by atoms with Crippen LogP contribution >= 0.6 is 0 Å². The van der Waals surface area contributed by atoms with Gasteiger partial charge in [0, 0.05) is 12.1 Å². The third-order valence-corrected chi connectivity index (χ3v) is 3.40. The molecule has 0 saturated heterocycles. The molecule has 1 amide bonds. The second kappa shape index (κ2) is 7.70. The van der Waals surface area contributed by atoms with Crippen molar-refractivity contribution in [3.05, 3.63) is 81.4 Å². The number of nitrogens with one attached hydrogen (secondary N) is 1. The zero-order valence-electron chi connectivity index (χ0n) is 13.0. The number of rotatable bonds is 5. The van der Waals surface area contributed by atoms with Gasteiger partial charge in [0.15, 0.2) is 0 Å². The Kier molecular flexibility index (Phi) is 5.42. The predicted molar refractivity (Wildman–Crippen MR) is 89.7 cm³/mol. The van der Waals surface area contributed by atoms with Gasteiger partial charge in [0.05, 0.1) is 11.0 Å². The lowest BCUT2D eigenvalue weighted by Gasteiger charge is -2.13. The second-order valence-electron chi connectivity index (χ2n) is 5.13. The standard InChI is InChI=1S/C18H15N3O3/c1-13(15-7-3-2-4-8-15)20-18(22)16(12-19)10-14-6-5-9-17(11-14)21(23)24/h2-11,13H,1H3,(H,20,22)/t13-/m0/s1. The van der Waals surface area contributed by atoms with Crippen LogP contribution in [0.5, 0.6) is 0 Å². The van der Waals surface area contributed by atoms with Crippen LogP contribution in [0.15, 0.2) is 60.2 Å². The highest BCUT2D eigenvalue weighted by atomic mass is 16.6. The van der Waals surface area contributed by atoms with Crippen LogP contribution in [-0.4, -0.2) is 10.8 Å². The summed E-state index contributed by atoms with van der Waals surface area (Å²) in [6, 6.07) is 16.7. The van der Waals surface area contributed by atoms with Crippen LogP contribution in [-0.2, 0) is 4.79 Å². The van der Waals surface area contributed by atoms with E-state index in [4.69, 9.17) is 0 Å². The van der Waals surface area contributed by atoms with Crippen molar-refractivity contribution in [2.45, 2.75) is 13.0 Å². The summed E-state index contributed by atoms with van der Waals surface area (Å²) < 4.78 is 0. The fourth-order valence-electron chi connectivity index (χ4n) is 2.14. The van der Waals surface area contributed by atoms with Crippen LogP contribution in [0, 0.1) is 21.4 Å². The number of carbonyl (C=O) groups excluding carboxylic acids is 1. The van der Waals surface area contributed by atoms with Crippen molar-refractivity contribution >= 4 is 17.7 Å². The molecule has 6 nitrogen and oxygen atoms in total. The van der Waals surface area contributed by atoms with E-state index in [2.05, 4.69) is 5.32 Å². The average molecular weight is 321 g/mol. The molecule has 2 rings (SSSR count). The number of hydrogen-bond donors (Lipinski definition) is 1. The Morgan fingerprint density at radius 3 is 2.58 bits per heavy atom. The zero-order chi connectivity index (χ0) is 17.5. The Hall–Kier alpha value is -3.46. The van der Waals surface area contributed by atoms with Crippen molar-refractivity contribution in [3.63, 3.8) is 0 Å². The number of hydrogen-bond acceptors (Lipinski definition) is 4. The van der Waals surface area contributed by atoms with Gasteiger partial charge in [0.1, 0.15) is 11.6 Å². The molecule has 0 aliphatic carbocycles. The molecule has 0 unspecified atom stereocenters. The minimum Gasteiger partial charge on any atom is -0.345 e. The third kappa shape index (κ3) is 4.27. The van der Waals surface area contributed by atoms with E-state index in [-0.39, 0.29) is 17.3 Å². The van der Waals surface area contributed by atoms with E-state index in [1.54, 1.807) is 6.07 Å². The summed E-state index contributed by atoms with van der Waals surface area (Å²) in [5.74, 6) is -0.527. The van der Waals surface area contributed by atoms with Crippen molar-refractivity contribution in [3.8, 4) is 6.07 Å². The molecule has 2 aromatic carbocycles. The summed E-state index contributed by atoms with van der Waals surface area (Å²) in [4.78, 5) is 22.5. The molecule has 24 heavy (non-hydrogen) atoms. The van der Waals surface area contributed by atoms with Gasteiger partial charge in [-0.05, 0) is 24.1 Å². The van der Waals surface area contributed by atoms with Gasteiger partial charge in [0.25, 0.3) is 11.6 Å². The van der Waals surface area contributed by atoms with Crippen molar-refractivity contribution in [2.75, 3.05) is 0 Å². The Balaban J connectivity index is 2.18. The van der Waals surface area contributed by atoms with Crippen LogP contribution in [0.3, 0.4) is 0 Å². The Morgan fingerprint density at radius 1 is 1.25 bits per heavy atom. The normalized spacial score (nSPS) is 12.1. The molecular weight excluding hydrogens is 306 g/mol. The smallest absolute Gasteiger partial charge is 0.270 e. The quantitative estimate of drug-likeness (QED) is 0.395. The first-order valence-corrected chi connectivity index (χ1v) is 7.23. The number of nitrogens with zero attached hydrogens (tertiary/aromatic N) is 2. The maximum atomic E-state index is 12.2. The van der Waals surface area contributed by atoms with E-state index >= 15 is 0 Å². The number of nitro benzene ring substituents is 1. The molecule has 6 heteroatoms. The molecule has 0 aromatic heterocycles. The summed E-state index contributed by atoms with van der Waals surface area (Å²) in [5.41, 5.74) is 1.12. The highest BCUT2D eigenvalue weighted by molar-refractivity contribution is 6.01. The van der Waals surface area contributed by atoms with Crippen LogP contribution < -0.4 is 5.32 Å². The number of carbonyl (C=O) groups is 1. The molecule has 0 radical (unpaired) electrons. The molecule has 1 N–H and O–H groups in total. The second-order valence-corrected chi connectivity index (χ2v) is 5.13. The molecular formula is C18H15N3O3. The van der Waals surface area contributed by atoms with Gasteiger partial charge in [-0.15, -0.1) is 0 Å². The Labute approximate surface area is 139 Å². The highest BCUT2D eigenvalue weighted by Gasteiger charge is 2.14. The molecule has 0 aliphatic heterocycles. The summed E-state index contributed by atoms with van der Waals surface area (Å²) in [6.07, 6.45) is 1.33. The van der Waals surface area contributed by atoms with E-state index in [0.29, 0.717) is 5.56 Å². The Morgan fingerprint density at radius 2 is 1.96 bits per heavy atom. The number of nitriles is 1. The van der Waals surface area contributed by atoms with Crippen LogP contribution in [0.2, 0.25) is 0 Å². The lowest BCUT2D eigenvalue weighted by Crippen LogP contribution is -2.27. The number of nitro groups is 1. The summed E-state index contributed by atoms with van der Waals surface area (Å²) in [7, 11) is 0. The zero-order valence-corrected chi connectivity index (χ0v) is 13.0. The lowest BCUT2D eigenvalue weighted by molar-refractivity contribution is -0.384. The number of amides is 1. The Bertz CT molecular complexity index is 823. The average Bonchev–Trinajstić information content (AvgIpc) is 2.60. The molecule has 2 aromatic rings. The van der Waals surface area contributed by atoms with E-state index in [9.17, 15) is 20.2 Å². The predicted octanol–water partition coefficient (Wildman–Crippen LogP) is 3.38. The van der Waals surface area contributed by atoms with Crippen LogP contribution in [0.25, 0.3) is 6.08 Å². The third-order valence-electron chi connectivity index (χ3n) is 3.40. The molecule has 0 heterocycles. The number of non-ortho nitro benzene ring substituents is 1. The van der Waals surface area contributed by atoms with E-state index in [1.165, 1.54) is 24.3 Å². The largest absolute Gasteiger partial charge is 0.345 e. The molecule has 0 fully saturated rings. The summed E-state index contributed by atoms with van der Waals surface area (Å²) in [5, 5.41) is 22.7. The minimum absolute atomic E-state index is 0.0981. The maximum absolute atomic E-state index is 12.2.